The minimum atomic E-state index is 0.331. The molecule has 1 aromatic carbocycles. The van der Waals surface area contributed by atoms with Gasteiger partial charge in [-0.2, -0.15) is 0 Å². The van der Waals surface area contributed by atoms with Gasteiger partial charge in [0.2, 0.25) is 0 Å². The second-order valence-corrected chi connectivity index (χ2v) is 6.75. The SMILES string of the molecule is CC(C)c1ccc(C2(N3CCNCC3)CCCC2)cc1. The van der Waals surface area contributed by atoms with Gasteiger partial charge in [-0.3, -0.25) is 4.90 Å². The summed E-state index contributed by atoms with van der Waals surface area (Å²) in [4.78, 5) is 2.75. The van der Waals surface area contributed by atoms with Gasteiger partial charge in [-0.1, -0.05) is 51.0 Å². The lowest BCUT2D eigenvalue weighted by Crippen LogP contribution is -2.53. The van der Waals surface area contributed by atoms with Crippen molar-refractivity contribution in [2.45, 2.75) is 51.0 Å². The molecule has 1 heterocycles. The summed E-state index contributed by atoms with van der Waals surface area (Å²) in [6.45, 7) is 9.24. The Balaban J connectivity index is 1.89. The number of hydrogen-bond acceptors (Lipinski definition) is 2. The molecule has 2 fully saturated rings. The van der Waals surface area contributed by atoms with Crippen LogP contribution in [0.2, 0.25) is 0 Å². The lowest BCUT2D eigenvalue weighted by atomic mass is 9.84. The van der Waals surface area contributed by atoms with Crippen molar-refractivity contribution in [3.8, 4) is 0 Å². The monoisotopic (exact) mass is 272 g/mol. The van der Waals surface area contributed by atoms with Crippen molar-refractivity contribution in [1.29, 1.82) is 0 Å². The molecule has 0 atom stereocenters. The first-order valence-corrected chi connectivity index (χ1v) is 8.29. The average Bonchev–Trinajstić information content (AvgIpc) is 2.99. The minimum Gasteiger partial charge on any atom is -0.314 e. The van der Waals surface area contributed by atoms with E-state index in [4.69, 9.17) is 0 Å². The smallest absolute Gasteiger partial charge is 0.0461 e. The van der Waals surface area contributed by atoms with E-state index in [-0.39, 0.29) is 0 Å². The second kappa shape index (κ2) is 5.87. The van der Waals surface area contributed by atoms with Gasteiger partial charge in [0.15, 0.2) is 0 Å². The van der Waals surface area contributed by atoms with Gasteiger partial charge in [0, 0.05) is 31.7 Å². The summed E-state index contributed by atoms with van der Waals surface area (Å²) in [7, 11) is 0. The first kappa shape index (κ1) is 14.1. The Bertz CT molecular complexity index is 423. The van der Waals surface area contributed by atoms with Crippen molar-refractivity contribution in [1.82, 2.24) is 10.2 Å². The van der Waals surface area contributed by atoms with Crippen LogP contribution in [0.1, 0.15) is 56.6 Å². The maximum atomic E-state index is 3.49. The number of piperazine rings is 1. The van der Waals surface area contributed by atoms with Crippen LogP contribution in [0.4, 0.5) is 0 Å². The first-order chi connectivity index (χ1) is 9.72. The largest absolute Gasteiger partial charge is 0.314 e. The summed E-state index contributed by atoms with van der Waals surface area (Å²) in [5.74, 6) is 0.628. The maximum Gasteiger partial charge on any atom is 0.0461 e. The second-order valence-electron chi connectivity index (χ2n) is 6.75. The molecule has 0 spiro atoms. The molecule has 1 N–H and O–H groups in total. The van der Waals surface area contributed by atoms with Crippen LogP contribution in [0.15, 0.2) is 24.3 Å². The van der Waals surface area contributed by atoms with Gasteiger partial charge in [0.1, 0.15) is 0 Å². The summed E-state index contributed by atoms with van der Waals surface area (Å²) in [6.07, 6.45) is 5.45. The van der Waals surface area contributed by atoms with E-state index in [0.29, 0.717) is 11.5 Å². The molecule has 0 amide bonds. The Labute approximate surface area is 123 Å². The quantitative estimate of drug-likeness (QED) is 0.906. The Hall–Kier alpha value is -0.860. The number of hydrogen-bond donors (Lipinski definition) is 1. The topological polar surface area (TPSA) is 15.3 Å². The van der Waals surface area contributed by atoms with Crippen molar-refractivity contribution in [3.05, 3.63) is 35.4 Å². The Kier molecular flexibility index (Phi) is 4.13. The Morgan fingerprint density at radius 2 is 1.60 bits per heavy atom. The van der Waals surface area contributed by atoms with Crippen LogP contribution in [0.3, 0.4) is 0 Å². The number of benzene rings is 1. The van der Waals surface area contributed by atoms with Crippen LogP contribution in [0.5, 0.6) is 0 Å². The molecule has 1 aliphatic heterocycles. The van der Waals surface area contributed by atoms with Crippen LogP contribution in [-0.4, -0.2) is 31.1 Å². The summed E-state index contributed by atoms with van der Waals surface area (Å²) in [5, 5.41) is 3.49. The molecule has 2 nitrogen and oxygen atoms in total. The highest BCUT2D eigenvalue weighted by molar-refractivity contribution is 5.31. The summed E-state index contributed by atoms with van der Waals surface area (Å²) < 4.78 is 0. The highest BCUT2D eigenvalue weighted by atomic mass is 15.2. The number of nitrogens with one attached hydrogen (secondary N) is 1. The predicted octanol–water partition coefficient (Wildman–Crippen LogP) is 3.48. The van der Waals surface area contributed by atoms with E-state index in [1.807, 2.05) is 0 Å². The standard InChI is InChI=1S/C18H28N2/c1-15(2)16-5-7-17(8-6-16)18(9-3-4-10-18)20-13-11-19-12-14-20/h5-8,15,19H,3-4,9-14H2,1-2H3. The molecular weight excluding hydrogens is 244 g/mol. The molecule has 110 valence electrons. The average molecular weight is 272 g/mol. The van der Waals surface area contributed by atoms with Gasteiger partial charge in [-0.05, 0) is 29.9 Å². The summed E-state index contributed by atoms with van der Waals surface area (Å²) in [5.41, 5.74) is 3.35. The first-order valence-electron chi connectivity index (χ1n) is 8.29. The van der Waals surface area contributed by atoms with Gasteiger partial charge >= 0.3 is 0 Å². The normalized spacial score (nSPS) is 23.4. The van der Waals surface area contributed by atoms with E-state index in [2.05, 4.69) is 48.3 Å². The molecule has 20 heavy (non-hydrogen) atoms. The fourth-order valence-electron chi connectivity index (χ4n) is 4.02. The van der Waals surface area contributed by atoms with Crippen LogP contribution >= 0.6 is 0 Å². The zero-order chi connectivity index (χ0) is 14.0. The number of rotatable bonds is 3. The van der Waals surface area contributed by atoms with Gasteiger partial charge in [0.25, 0.3) is 0 Å². The van der Waals surface area contributed by atoms with Crippen LogP contribution in [0.25, 0.3) is 0 Å². The van der Waals surface area contributed by atoms with Gasteiger partial charge in [0.05, 0.1) is 0 Å². The van der Waals surface area contributed by atoms with Gasteiger partial charge < -0.3 is 5.32 Å². The molecule has 0 unspecified atom stereocenters. The van der Waals surface area contributed by atoms with E-state index >= 15 is 0 Å². The van der Waals surface area contributed by atoms with Crippen molar-refractivity contribution in [2.24, 2.45) is 0 Å². The van der Waals surface area contributed by atoms with E-state index in [1.54, 1.807) is 5.56 Å². The van der Waals surface area contributed by atoms with E-state index in [1.165, 1.54) is 44.3 Å². The van der Waals surface area contributed by atoms with E-state index < -0.39 is 0 Å². The zero-order valence-corrected chi connectivity index (χ0v) is 13.0. The Morgan fingerprint density at radius 1 is 1.00 bits per heavy atom. The molecule has 0 aromatic heterocycles. The molecule has 3 rings (SSSR count). The van der Waals surface area contributed by atoms with Crippen molar-refractivity contribution < 1.29 is 0 Å². The van der Waals surface area contributed by atoms with Crippen LogP contribution in [-0.2, 0) is 5.54 Å². The molecule has 1 saturated heterocycles. The third-order valence-corrected chi connectivity index (χ3v) is 5.27. The summed E-state index contributed by atoms with van der Waals surface area (Å²) >= 11 is 0. The number of nitrogens with zero attached hydrogens (tertiary/aromatic N) is 1. The van der Waals surface area contributed by atoms with Gasteiger partial charge in [-0.15, -0.1) is 0 Å². The molecule has 2 aliphatic rings. The fraction of sp³-hybridized carbons (Fsp3) is 0.667. The van der Waals surface area contributed by atoms with Crippen molar-refractivity contribution in [3.63, 3.8) is 0 Å². The third kappa shape index (κ3) is 2.51. The summed E-state index contributed by atoms with van der Waals surface area (Å²) in [6, 6.07) is 9.51. The van der Waals surface area contributed by atoms with Crippen LogP contribution < -0.4 is 5.32 Å². The molecule has 2 heteroatoms. The van der Waals surface area contributed by atoms with Gasteiger partial charge in [-0.25, -0.2) is 0 Å². The van der Waals surface area contributed by atoms with E-state index in [0.717, 1.165) is 13.1 Å². The molecule has 1 aliphatic carbocycles. The molecule has 1 saturated carbocycles. The lowest BCUT2D eigenvalue weighted by molar-refractivity contribution is 0.0757. The third-order valence-electron chi connectivity index (χ3n) is 5.27. The van der Waals surface area contributed by atoms with Crippen molar-refractivity contribution >= 4 is 0 Å². The zero-order valence-electron chi connectivity index (χ0n) is 13.0. The molecule has 0 radical (unpaired) electrons. The Morgan fingerprint density at radius 3 is 2.15 bits per heavy atom. The predicted molar refractivity (Wildman–Crippen MR) is 85.1 cm³/mol. The molecule has 1 aromatic rings. The maximum absolute atomic E-state index is 3.49. The lowest BCUT2D eigenvalue weighted by Gasteiger charge is -2.44. The van der Waals surface area contributed by atoms with E-state index in [9.17, 15) is 0 Å². The molecular formula is C18H28N2. The minimum absolute atomic E-state index is 0.331. The van der Waals surface area contributed by atoms with Crippen LogP contribution in [0, 0.1) is 0 Å². The van der Waals surface area contributed by atoms with Crippen molar-refractivity contribution in [2.75, 3.05) is 26.2 Å². The highest BCUT2D eigenvalue weighted by Gasteiger charge is 2.41. The molecule has 0 bridgehead atoms. The fourth-order valence-corrected chi connectivity index (χ4v) is 4.02. The highest BCUT2D eigenvalue weighted by Crippen LogP contribution is 2.44.